The van der Waals surface area contributed by atoms with Gasteiger partial charge in [0.1, 0.15) is 5.82 Å². The number of aryl methyl sites for hydroxylation is 1. The molecular formula is C23H28ClN3O2S. The van der Waals surface area contributed by atoms with Crippen molar-refractivity contribution >= 4 is 21.6 Å². The first kappa shape index (κ1) is 22.5. The number of hydrogen-bond acceptors (Lipinski definition) is 3. The number of nitrogens with zero attached hydrogens (tertiary/aromatic N) is 2. The second-order valence-corrected chi connectivity index (χ2v) is 9.49. The third-order valence-electron chi connectivity index (χ3n) is 5.09. The van der Waals surface area contributed by atoms with Gasteiger partial charge in [0.25, 0.3) is 0 Å². The fourth-order valence-corrected chi connectivity index (χ4v) is 4.07. The monoisotopic (exact) mass is 445 g/mol. The summed E-state index contributed by atoms with van der Waals surface area (Å²) >= 11 is 6.05. The molecule has 0 unspecified atom stereocenters. The van der Waals surface area contributed by atoms with Crippen molar-refractivity contribution in [3.8, 4) is 17.1 Å². The van der Waals surface area contributed by atoms with E-state index in [1.807, 2.05) is 35.0 Å². The van der Waals surface area contributed by atoms with Gasteiger partial charge in [-0.15, -0.1) is 0 Å². The second-order valence-electron chi connectivity index (χ2n) is 7.49. The molecule has 0 aliphatic carbocycles. The lowest BCUT2D eigenvalue weighted by Gasteiger charge is -2.09. The summed E-state index contributed by atoms with van der Waals surface area (Å²) in [6.07, 6.45) is 10.3. The number of unbranched alkanes of at least 4 members (excludes halogenated alkanes) is 5. The van der Waals surface area contributed by atoms with E-state index >= 15 is 0 Å². The molecule has 1 heterocycles. The van der Waals surface area contributed by atoms with Gasteiger partial charge in [-0.3, -0.25) is 4.57 Å². The first-order valence-corrected chi connectivity index (χ1v) is 12.3. The van der Waals surface area contributed by atoms with Crippen molar-refractivity contribution in [1.82, 2.24) is 9.55 Å². The van der Waals surface area contributed by atoms with E-state index in [1.54, 1.807) is 12.1 Å². The van der Waals surface area contributed by atoms with E-state index in [0.29, 0.717) is 5.02 Å². The van der Waals surface area contributed by atoms with Gasteiger partial charge in [-0.2, -0.15) is 0 Å². The van der Waals surface area contributed by atoms with E-state index < -0.39 is 10.0 Å². The average molecular weight is 446 g/mol. The molecule has 0 aliphatic rings. The van der Waals surface area contributed by atoms with E-state index in [2.05, 4.69) is 6.92 Å². The van der Waals surface area contributed by atoms with Crippen molar-refractivity contribution in [3.63, 3.8) is 0 Å². The summed E-state index contributed by atoms with van der Waals surface area (Å²) in [5.74, 6) is 0.802. The van der Waals surface area contributed by atoms with Gasteiger partial charge in [0.2, 0.25) is 10.0 Å². The van der Waals surface area contributed by atoms with Gasteiger partial charge < -0.3 is 0 Å². The maximum Gasteiger partial charge on any atom is 0.238 e. The van der Waals surface area contributed by atoms with Crippen molar-refractivity contribution in [1.29, 1.82) is 0 Å². The van der Waals surface area contributed by atoms with Crippen LogP contribution in [0.15, 0.2) is 59.6 Å². The molecule has 0 bridgehead atoms. The molecule has 1 aromatic heterocycles. The molecule has 3 aromatic rings. The first-order valence-electron chi connectivity index (χ1n) is 10.4. The Morgan fingerprint density at radius 2 is 1.57 bits per heavy atom. The Hall–Kier alpha value is -2.15. The van der Waals surface area contributed by atoms with Crippen LogP contribution in [0.5, 0.6) is 0 Å². The molecule has 0 aliphatic heterocycles. The average Bonchev–Trinajstić information content (AvgIpc) is 3.15. The maximum atomic E-state index is 11.6. The van der Waals surface area contributed by atoms with E-state index in [9.17, 15) is 8.42 Å². The number of halogens is 1. The van der Waals surface area contributed by atoms with Crippen LogP contribution in [0, 0.1) is 0 Å². The summed E-state index contributed by atoms with van der Waals surface area (Å²) < 4.78 is 25.1. The molecule has 2 aromatic carbocycles. The highest BCUT2D eigenvalue weighted by Crippen LogP contribution is 2.26. The normalized spacial score (nSPS) is 11.7. The molecule has 7 heteroatoms. The lowest BCUT2D eigenvalue weighted by Crippen LogP contribution is -2.12. The summed E-state index contributed by atoms with van der Waals surface area (Å²) in [5, 5.41) is 5.89. The first-order chi connectivity index (χ1) is 14.4. The molecule has 0 saturated carbocycles. The predicted octanol–water partition coefficient (Wildman–Crippen LogP) is 5.74. The number of nitrogens with two attached hydrogens (primary N) is 1. The van der Waals surface area contributed by atoms with Gasteiger partial charge in [-0.05, 0) is 61.4 Å². The molecule has 0 saturated heterocycles. The number of hydrogen-bond donors (Lipinski definition) is 1. The standard InChI is InChI=1S/C23H28ClN3O2S/c1-2-3-4-5-6-7-8-20-17-27(21-13-15-22(16-14-21)30(25,28)29)23(26-20)18-9-11-19(24)12-10-18/h9-17H,2-8H2,1H3,(H2,25,28,29). The van der Waals surface area contributed by atoms with Crippen LogP contribution < -0.4 is 5.14 Å². The third kappa shape index (κ3) is 5.94. The Bertz CT molecular complexity index is 1060. The Balaban J connectivity index is 1.86. The summed E-state index contributed by atoms with van der Waals surface area (Å²) in [5.41, 5.74) is 2.80. The van der Waals surface area contributed by atoms with Crippen LogP contribution in [-0.2, 0) is 16.4 Å². The molecule has 160 valence electrons. The van der Waals surface area contributed by atoms with Gasteiger partial charge in [0, 0.05) is 22.5 Å². The van der Waals surface area contributed by atoms with E-state index in [1.165, 1.54) is 44.2 Å². The topological polar surface area (TPSA) is 78.0 Å². The lowest BCUT2D eigenvalue weighted by molar-refractivity contribution is 0.598. The zero-order valence-corrected chi connectivity index (χ0v) is 18.8. The van der Waals surface area contributed by atoms with Crippen LogP contribution in [0.3, 0.4) is 0 Å². The van der Waals surface area contributed by atoms with Crippen LogP contribution in [0.25, 0.3) is 17.1 Å². The molecule has 30 heavy (non-hydrogen) atoms. The largest absolute Gasteiger partial charge is 0.300 e. The fourth-order valence-electron chi connectivity index (χ4n) is 3.43. The van der Waals surface area contributed by atoms with Crippen LogP contribution in [0.2, 0.25) is 5.02 Å². The minimum absolute atomic E-state index is 0.0895. The fraction of sp³-hybridized carbons (Fsp3) is 0.348. The maximum absolute atomic E-state index is 11.6. The van der Waals surface area contributed by atoms with Gasteiger partial charge in [0.05, 0.1) is 10.6 Å². The highest BCUT2D eigenvalue weighted by molar-refractivity contribution is 7.89. The highest BCUT2D eigenvalue weighted by atomic mass is 35.5. The van der Waals surface area contributed by atoms with E-state index in [4.69, 9.17) is 21.7 Å². The quantitative estimate of drug-likeness (QED) is 0.404. The summed E-state index contributed by atoms with van der Waals surface area (Å²) in [6, 6.07) is 14.1. The zero-order chi connectivity index (χ0) is 21.6. The molecule has 0 atom stereocenters. The molecule has 2 N–H and O–H groups in total. The molecule has 0 spiro atoms. The minimum Gasteiger partial charge on any atom is -0.300 e. The Labute approximate surface area is 184 Å². The van der Waals surface area contributed by atoms with Crippen molar-refractivity contribution in [2.45, 2.75) is 56.8 Å². The van der Waals surface area contributed by atoms with Gasteiger partial charge >= 0.3 is 0 Å². The summed E-state index contributed by atoms with van der Waals surface area (Å²) in [7, 11) is -3.72. The smallest absolute Gasteiger partial charge is 0.238 e. The molecule has 0 fully saturated rings. The van der Waals surface area contributed by atoms with Crippen molar-refractivity contribution in [3.05, 3.63) is 65.4 Å². The SMILES string of the molecule is CCCCCCCCc1cn(-c2ccc(S(N)(=O)=O)cc2)c(-c2ccc(Cl)cc2)n1. The number of rotatable bonds is 10. The van der Waals surface area contributed by atoms with Crippen molar-refractivity contribution < 1.29 is 8.42 Å². The summed E-state index contributed by atoms with van der Waals surface area (Å²) in [6.45, 7) is 2.22. The van der Waals surface area contributed by atoms with Gasteiger partial charge in [-0.25, -0.2) is 18.5 Å². The third-order valence-corrected chi connectivity index (χ3v) is 6.27. The van der Waals surface area contributed by atoms with Crippen LogP contribution >= 0.6 is 11.6 Å². The molecular weight excluding hydrogens is 418 g/mol. The van der Waals surface area contributed by atoms with Crippen molar-refractivity contribution in [2.75, 3.05) is 0 Å². The lowest BCUT2D eigenvalue weighted by atomic mass is 10.1. The Morgan fingerprint density at radius 1 is 0.933 bits per heavy atom. The minimum atomic E-state index is -3.72. The van der Waals surface area contributed by atoms with Gasteiger partial charge in [-0.1, -0.05) is 50.6 Å². The number of imidazole rings is 1. The van der Waals surface area contributed by atoms with Crippen LogP contribution in [0.4, 0.5) is 0 Å². The zero-order valence-electron chi connectivity index (χ0n) is 17.2. The van der Waals surface area contributed by atoms with Crippen LogP contribution in [-0.4, -0.2) is 18.0 Å². The predicted molar refractivity (Wildman–Crippen MR) is 122 cm³/mol. The number of primary sulfonamides is 1. The highest BCUT2D eigenvalue weighted by Gasteiger charge is 2.13. The summed E-state index contributed by atoms with van der Waals surface area (Å²) in [4.78, 5) is 4.96. The van der Waals surface area contributed by atoms with Gasteiger partial charge in [0.15, 0.2) is 0 Å². The van der Waals surface area contributed by atoms with Crippen LogP contribution in [0.1, 0.15) is 51.1 Å². The van der Waals surface area contributed by atoms with Crippen molar-refractivity contribution in [2.24, 2.45) is 5.14 Å². The van der Waals surface area contributed by atoms with E-state index in [0.717, 1.165) is 35.6 Å². The molecule has 5 nitrogen and oxygen atoms in total. The second kappa shape index (κ2) is 10.2. The molecule has 3 rings (SSSR count). The Kier molecular flexibility index (Phi) is 7.69. The number of benzene rings is 2. The number of aromatic nitrogens is 2. The Morgan fingerprint density at radius 3 is 2.20 bits per heavy atom. The molecule has 0 amide bonds. The molecule has 0 radical (unpaired) electrons. The number of sulfonamides is 1. The van der Waals surface area contributed by atoms with E-state index in [-0.39, 0.29) is 4.90 Å².